The van der Waals surface area contributed by atoms with Crippen molar-refractivity contribution in [3.63, 3.8) is 0 Å². The highest BCUT2D eigenvalue weighted by molar-refractivity contribution is 4.72. The number of aromatic amines is 1. The Morgan fingerprint density at radius 3 is 2.33 bits per heavy atom. The van der Waals surface area contributed by atoms with Crippen molar-refractivity contribution in [3.8, 4) is 0 Å². The standard InChI is InChI=1S/C6H13N.C3H4N2/c1-6-2-4-7-5-3-6;1-2-4-5-3-1/h6-7H,2-5H2,1H3;1-3H,(H,4,5). The number of aromatic nitrogens is 2. The molecule has 1 aromatic heterocycles. The molecule has 2 heterocycles. The Morgan fingerprint density at radius 1 is 1.33 bits per heavy atom. The zero-order chi connectivity index (χ0) is 8.65. The van der Waals surface area contributed by atoms with E-state index in [-0.39, 0.29) is 0 Å². The number of piperidine rings is 1. The van der Waals surface area contributed by atoms with Gasteiger partial charge in [0.15, 0.2) is 0 Å². The van der Waals surface area contributed by atoms with E-state index < -0.39 is 0 Å². The SMILES string of the molecule is CC1CCNCC1.c1cn[nH]c1. The Balaban J connectivity index is 0.000000127. The first-order chi connectivity index (χ1) is 5.89. The Labute approximate surface area is 73.6 Å². The summed E-state index contributed by atoms with van der Waals surface area (Å²) in [6.45, 7) is 4.79. The number of hydrogen-bond acceptors (Lipinski definition) is 2. The quantitative estimate of drug-likeness (QED) is 0.613. The highest BCUT2D eigenvalue weighted by atomic mass is 15.1. The lowest BCUT2D eigenvalue weighted by atomic mass is 10.0. The second-order valence-electron chi connectivity index (χ2n) is 3.20. The van der Waals surface area contributed by atoms with Gasteiger partial charge in [-0.2, -0.15) is 5.10 Å². The monoisotopic (exact) mass is 167 g/mol. The van der Waals surface area contributed by atoms with Crippen LogP contribution in [0, 0.1) is 5.92 Å². The molecule has 1 aromatic rings. The van der Waals surface area contributed by atoms with Crippen LogP contribution in [0.4, 0.5) is 0 Å². The Kier molecular flexibility index (Phi) is 4.46. The zero-order valence-corrected chi connectivity index (χ0v) is 7.59. The van der Waals surface area contributed by atoms with Gasteiger partial charge < -0.3 is 5.32 Å². The molecule has 0 amide bonds. The molecule has 1 fully saturated rings. The van der Waals surface area contributed by atoms with Gasteiger partial charge >= 0.3 is 0 Å². The van der Waals surface area contributed by atoms with E-state index in [2.05, 4.69) is 22.4 Å². The van der Waals surface area contributed by atoms with E-state index >= 15 is 0 Å². The predicted octanol–water partition coefficient (Wildman–Crippen LogP) is 1.42. The zero-order valence-electron chi connectivity index (χ0n) is 7.59. The lowest BCUT2D eigenvalue weighted by Crippen LogP contribution is -2.26. The molecule has 0 aliphatic carbocycles. The summed E-state index contributed by atoms with van der Waals surface area (Å²) in [6.07, 6.45) is 6.21. The number of nitrogens with one attached hydrogen (secondary N) is 2. The highest BCUT2D eigenvalue weighted by Crippen LogP contribution is 2.08. The van der Waals surface area contributed by atoms with Crippen molar-refractivity contribution in [2.45, 2.75) is 19.8 Å². The van der Waals surface area contributed by atoms with E-state index in [1.807, 2.05) is 6.07 Å². The van der Waals surface area contributed by atoms with E-state index in [4.69, 9.17) is 0 Å². The van der Waals surface area contributed by atoms with Crippen molar-refractivity contribution >= 4 is 0 Å². The van der Waals surface area contributed by atoms with E-state index in [9.17, 15) is 0 Å². The van der Waals surface area contributed by atoms with Gasteiger partial charge in [0.1, 0.15) is 0 Å². The van der Waals surface area contributed by atoms with Gasteiger partial charge in [-0.15, -0.1) is 0 Å². The molecule has 0 radical (unpaired) electrons. The maximum atomic E-state index is 3.60. The minimum atomic E-state index is 0.973. The van der Waals surface area contributed by atoms with Crippen LogP contribution >= 0.6 is 0 Å². The van der Waals surface area contributed by atoms with E-state index in [0.29, 0.717) is 0 Å². The fourth-order valence-electron chi connectivity index (χ4n) is 1.18. The van der Waals surface area contributed by atoms with E-state index in [1.165, 1.54) is 25.9 Å². The van der Waals surface area contributed by atoms with Crippen molar-refractivity contribution in [3.05, 3.63) is 18.5 Å². The topological polar surface area (TPSA) is 40.7 Å². The van der Waals surface area contributed by atoms with Crippen LogP contribution in [0.25, 0.3) is 0 Å². The summed E-state index contributed by atoms with van der Waals surface area (Å²) < 4.78 is 0. The Hall–Kier alpha value is -0.830. The molecule has 1 aliphatic rings. The van der Waals surface area contributed by atoms with Crippen molar-refractivity contribution in [2.24, 2.45) is 5.92 Å². The van der Waals surface area contributed by atoms with Crippen molar-refractivity contribution in [2.75, 3.05) is 13.1 Å². The lowest BCUT2D eigenvalue weighted by molar-refractivity contribution is 0.402. The molecule has 12 heavy (non-hydrogen) atoms. The van der Waals surface area contributed by atoms with Crippen LogP contribution in [0.15, 0.2) is 18.5 Å². The van der Waals surface area contributed by atoms with Crippen LogP contribution < -0.4 is 5.32 Å². The first-order valence-electron chi connectivity index (χ1n) is 4.54. The fraction of sp³-hybridized carbons (Fsp3) is 0.667. The third-order valence-corrected chi connectivity index (χ3v) is 2.03. The van der Waals surface area contributed by atoms with Crippen molar-refractivity contribution in [1.29, 1.82) is 0 Å². The third kappa shape index (κ3) is 4.13. The molecule has 3 nitrogen and oxygen atoms in total. The normalized spacial score (nSPS) is 18.1. The summed E-state index contributed by atoms with van der Waals surface area (Å²) in [5.41, 5.74) is 0. The molecule has 0 atom stereocenters. The van der Waals surface area contributed by atoms with E-state index in [1.54, 1.807) is 12.4 Å². The smallest absolute Gasteiger partial charge is 0.0487 e. The van der Waals surface area contributed by atoms with Gasteiger partial charge in [0, 0.05) is 12.4 Å². The second kappa shape index (κ2) is 5.77. The average molecular weight is 167 g/mol. The summed E-state index contributed by atoms with van der Waals surface area (Å²) in [7, 11) is 0. The Morgan fingerprint density at radius 2 is 2.08 bits per heavy atom. The molecule has 0 bridgehead atoms. The number of H-pyrrole nitrogens is 1. The van der Waals surface area contributed by atoms with Gasteiger partial charge in [0.2, 0.25) is 0 Å². The van der Waals surface area contributed by atoms with Gasteiger partial charge in [-0.05, 0) is 37.9 Å². The fourth-order valence-corrected chi connectivity index (χ4v) is 1.18. The van der Waals surface area contributed by atoms with Crippen LogP contribution in [0.1, 0.15) is 19.8 Å². The number of rotatable bonds is 0. The summed E-state index contributed by atoms with van der Waals surface area (Å²) >= 11 is 0. The van der Waals surface area contributed by atoms with Crippen LogP contribution in [0.2, 0.25) is 0 Å². The van der Waals surface area contributed by atoms with Crippen LogP contribution in [0.3, 0.4) is 0 Å². The van der Waals surface area contributed by atoms with Crippen LogP contribution in [0.5, 0.6) is 0 Å². The van der Waals surface area contributed by atoms with E-state index in [0.717, 1.165) is 5.92 Å². The summed E-state index contributed by atoms with van der Waals surface area (Å²) in [5.74, 6) is 0.973. The van der Waals surface area contributed by atoms with Crippen LogP contribution in [-0.4, -0.2) is 23.3 Å². The first kappa shape index (κ1) is 9.26. The van der Waals surface area contributed by atoms with Crippen LogP contribution in [-0.2, 0) is 0 Å². The highest BCUT2D eigenvalue weighted by Gasteiger charge is 2.04. The van der Waals surface area contributed by atoms with Gasteiger partial charge in [0.05, 0.1) is 0 Å². The van der Waals surface area contributed by atoms with Crippen molar-refractivity contribution < 1.29 is 0 Å². The van der Waals surface area contributed by atoms with Gasteiger partial charge in [-0.25, -0.2) is 0 Å². The number of nitrogens with zero attached hydrogens (tertiary/aromatic N) is 1. The summed E-state index contributed by atoms with van der Waals surface area (Å²) in [6, 6.07) is 1.83. The first-order valence-corrected chi connectivity index (χ1v) is 4.54. The molecular weight excluding hydrogens is 150 g/mol. The molecule has 3 heteroatoms. The predicted molar refractivity (Wildman–Crippen MR) is 49.9 cm³/mol. The number of hydrogen-bond donors (Lipinski definition) is 2. The Bertz CT molecular complexity index is 149. The molecule has 1 saturated heterocycles. The van der Waals surface area contributed by atoms with Crippen molar-refractivity contribution in [1.82, 2.24) is 15.5 Å². The largest absolute Gasteiger partial charge is 0.317 e. The van der Waals surface area contributed by atoms with Gasteiger partial charge in [0.25, 0.3) is 0 Å². The molecule has 2 rings (SSSR count). The summed E-state index contributed by atoms with van der Waals surface area (Å²) in [4.78, 5) is 0. The second-order valence-corrected chi connectivity index (χ2v) is 3.20. The molecule has 0 aromatic carbocycles. The molecule has 0 saturated carbocycles. The molecule has 68 valence electrons. The maximum absolute atomic E-state index is 3.60. The molecular formula is C9H17N3. The molecule has 2 N–H and O–H groups in total. The molecule has 0 unspecified atom stereocenters. The minimum absolute atomic E-state index is 0.973. The maximum Gasteiger partial charge on any atom is 0.0487 e. The summed E-state index contributed by atoms with van der Waals surface area (Å²) in [5, 5.41) is 9.52. The molecule has 0 spiro atoms. The lowest BCUT2D eigenvalue weighted by Gasteiger charge is -2.17. The average Bonchev–Trinajstić information content (AvgIpc) is 2.62. The molecule has 1 aliphatic heterocycles. The van der Waals surface area contributed by atoms with Gasteiger partial charge in [-0.3, -0.25) is 5.10 Å². The van der Waals surface area contributed by atoms with Gasteiger partial charge in [-0.1, -0.05) is 6.92 Å². The third-order valence-electron chi connectivity index (χ3n) is 2.03. The minimum Gasteiger partial charge on any atom is -0.317 e.